The molecule has 5 aromatic rings. The number of aryl methyl sites for hydroxylation is 1. The van der Waals surface area contributed by atoms with Crippen LogP contribution in [0.25, 0.3) is 10.9 Å². The normalized spacial score (nSPS) is 10.7. The minimum absolute atomic E-state index is 0.248. The number of benzene rings is 2. The number of hydrogen-bond donors (Lipinski definition) is 3. The van der Waals surface area contributed by atoms with E-state index in [2.05, 4.69) is 37.0 Å². The number of pyridine rings is 3. The molecule has 1 amide bonds. The van der Waals surface area contributed by atoms with Crippen molar-refractivity contribution in [3.63, 3.8) is 0 Å². The average Bonchev–Trinajstić information content (AvgIpc) is 2.89. The number of fused-ring (bicyclic) bond motifs is 1. The summed E-state index contributed by atoms with van der Waals surface area (Å²) >= 11 is 0. The zero-order valence-electron chi connectivity index (χ0n) is 20.9. The first kappa shape index (κ1) is 23.7. The van der Waals surface area contributed by atoms with Crippen molar-refractivity contribution in [3.05, 3.63) is 103 Å². The van der Waals surface area contributed by atoms with Crippen LogP contribution in [0, 0.1) is 6.92 Å². The SMILES string of the molecule is Cc1cc(Nc2cccc(NC(=O)c3cncc(Nc4ccnc5ccc(N(C)C)cc45)c3)c2)ccn1. The van der Waals surface area contributed by atoms with Crippen LogP contribution in [0.2, 0.25) is 0 Å². The van der Waals surface area contributed by atoms with Crippen LogP contribution >= 0.6 is 0 Å². The van der Waals surface area contributed by atoms with E-state index < -0.39 is 0 Å². The molecule has 0 spiro atoms. The molecular formula is C29H27N7O. The quantitative estimate of drug-likeness (QED) is 0.253. The Morgan fingerprint density at radius 1 is 0.784 bits per heavy atom. The van der Waals surface area contributed by atoms with Crippen molar-refractivity contribution < 1.29 is 4.79 Å². The number of carbonyl (C=O) groups is 1. The van der Waals surface area contributed by atoms with Gasteiger partial charge in [-0.15, -0.1) is 0 Å². The average molecular weight is 490 g/mol. The summed E-state index contributed by atoms with van der Waals surface area (Å²) in [5, 5.41) is 10.7. The van der Waals surface area contributed by atoms with Crippen LogP contribution in [0.15, 0.2) is 91.5 Å². The number of carbonyl (C=O) groups excluding carboxylic acids is 1. The van der Waals surface area contributed by atoms with Gasteiger partial charge in [0.05, 0.1) is 23.0 Å². The minimum Gasteiger partial charge on any atom is -0.378 e. The lowest BCUT2D eigenvalue weighted by Crippen LogP contribution is -2.12. The van der Waals surface area contributed by atoms with Gasteiger partial charge >= 0.3 is 0 Å². The third-order valence-electron chi connectivity index (χ3n) is 5.83. The van der Waals surface area contributed by atoms with Crippen molar-refractivity contribution in [1.82, 2.24) is 15.0 Å². The Morgan fingerprint density at radius 3 is 2.43 bits per heavy atom. The fraction of sp³-hybridized carbons (Fsp3) is 0.103. The van der Waals surface area contributed by atoms with E-state index in [1.807, 2.05) is 80.5 Å². The molecule has 184 valence electrons. The molecule has 0 fully saturated rings. The first-order valence-electron chi connectivity index (χ1n) is 11.8. The molecule has 0 unspecified atom stereocenters. The van der Waals surface area contributed by atoms with Crippen LogP contribution in [0.1, 0.15) is 16.1 Å². The van der Waals surface area contributed by atoms with Gasteiger partial charge in [0, 0.05) is 72.2 Å². The van der Waals surface area contributed by atoms with E-state index in [0.29, 0.717) is 16.9 Å². The molecule has 3 heterocycles. The summed E-state index contributed by atoms with van der Waals surface area (Å²) in [5.74, 6) is -0.248. The molecule has 2 aromatic carbocycles. The van der Waals surface area contributed by atoms with Gasteiger partial charge in [-0.3, -0.25) is 19.7 Å². The molecule has 8 heteroatoms. The number of nitrogens with one attached hydrogen (secondary N) is 3. The maximum atomic E-state index is 13.0. The lowest BCUT2D eigenvalue weighted by molar-refractivity contribution is 0.102. The molecular weight excluding hydrogens is 462 g/mol. The van der Waals surface area contributed by atoms with Gasteiger partial charge in [0.25, 0.3) is 5.91 Å². The van der Waals surface area contributed by atoms with Crippen LogP contribution < -0.4 is 20.9 Å². The van der Waals surface area contributed by atoms with Crippen LogP contribution in [-0.2, 0) is 0 Å². The second-order valence-electron chi connectivity index (χ2n) is 8.89. The maximum absolute atomic E-state index is 13.0. The molecule has 0 atom stereocenters. The van der Waals surface area contributed by atoms with Gasteiger partial charge in [-0.1, -0.05) is 6.07 Å². The van der Waals surface area contributed by atoms with Gasteiger partial charge in [-0.05, 0) is 67.6 Å². The van der Waals surface area contributed by atoms with E-state index in [-0.39, 0.29) is 5.91 Å². The summed E-state index contributed by atoms with van der Waals surface area (Å²) in [4.78, 5) is 28.1. The zero-order valence-corrected chi connectivity index (χ0v) is 20.9. The van der Waals surface area contributed by atoms with E-state index in [9.17, 15) is 4.79 Å². The fourth-order valence-electron chi connectivity index (χ4n) is 3.98. The van der Waals surface area contributed by atoms with E-state index in [0.717, 1.165) is 39.3 Å². The summed E-state index contributed by atoms with van der Waals surface area (Å²) < 4.78 is 0. The molecule has 5 rings (SSSR count). The lowest BCUT2D eigenvalue weighted by atomic mass is 10.1. The highest BCUT2D eigenvalue weighted by Gasteiger charge is 2.10. The molecule has 0 aliphatic heterocycles. The topological polar surface area (TPSA) is 95.1 Å². The number of rotatable bonds is 7. The van der Waals surface area contributed by atoms with Crippen molar-refractivity contribution >= 4 is 50.9 Å². The molecule has 3 N–H and O–H groups in total. The van der Waals surface area contributed by atoms with Crippen molar-refractivity contribution in [1.29, 1.82) is 0 Å². The standard InChI is InChI=1S/C29H27N7O/c1-19-13-23(9-11-31-19)33-21-5-4-6-22(15-21)35-29(37)20-14-24(18-30-17-20)34-28-10-12-32-27-8-7-25(36(2)3)16-26(27)28/h4-18H,1-3H3,(H,31,33)(H,32,34)(H,35,37). The van der Waals surface area contributed by atoms with E-state index in [1.165, 1.54) is 0 Å². The Balaban J connectivity index is 1.33. The molecule has 0 radical (unpaired) electrons. The minimum atomic E-state index is -0.248. The number of anilines is 6. The van der Waals surface area contributed by atoms with Crippen molar-refractivity contribution in [3.8, 4) is 0 Å². The Labute approximate surface area is 215 Å². The van der Waals surface area contributed by atoms with Crippen LogP contribution in [0.5, 0.6) is 0 Å². The molecule has 0 saturated carbocycles. The molecule has 8 nitrogen and oxygen atoms in total. The smallest absolute Gasteiger partial charge is 0.257 e. The molecule has 0 aliphatic carbocycles. The van der Waals surface area contributed by atoms with Gasteiger partial charge in [0.15, 0.2) is 0 Å². The molecule has 37 heavy (non-hydrogen) atoms. The van der Waals surface area contributed by atoms with Crippen molar-refractivity contribution in [2.45, 2.75) is 6.92 Å². The first-order chi connectivity index (χ1) is 17.9. The number of nitrogens with zero attached hydrogens (tertiary/aromatic N) is 4. The number of hydrogen-bond acceptors (Lipinski definition) is 7. The van der Waals surface area contributed by atoms with Crippen LogP contribution in [0.3, 0.4) is 0 Å². The van der Waals surface area contributed by atoms with E-state index >= 15 is 0 Å². The third-order valence-corrected chi connectivity index (χ3v) is 5.83. The van der Waals surface area contributed by atoms with Gasteiger partial charge in [0.2, 0.25) is 0 Å². The molecule has 0 bridgehead atoms. The second kappa shape index (κ2) is 10.3. The van der Waals surface area contributed by atoms with Crippen molar-refractivity contribution in [2.75, 3.05) is 34.9 Å². The second-order valence-corrected chi connectivity index (χ2v) is 8.89. The van der Waals surface area contributed by atoms with Crippen molar-refractivity contribution in [2.24, 2.45) is 0 Å². The summed E-state index contributed by atoms with van der Waals surface area (Å²) in [6, 6.07) is 21.2. The fourth-order valence-corrected chi connectivity index (χ4v) is 3.98. The maximum Gasteiger partial charge on any atom is 0.257 e. The Morgan fingerprint density at radius 2 is 1.59 bits per heavy atom. The monoisotopic (exact) mass is 489 g/mol. The third kappa shape index (κ3) is 5.65. The lowest BCUT2D eigenvalue weighted by Gasteiger charge is -2.15. The molecule has 0 saturated heterocycles. The Hall–Kier alpha value is -4.98. The Bertz CT molecular complexity index is 1580. The number of amides is 1. The van der Waals surface area contributed by atoms with E-state index in [1.54, 1.807) is 30.9 Å². The van der Waals surface area contributed by atoms with Gasteiger partial charge in [-0.25, -0.2) is 0 Å². The highest BCUT2D eigenvalue weighted by molar-refractivity contribution is 6.05. The van der Waals surface area contributed by atoms with Crippen LogP contribution in [0.4, 0.5) is 34.1 Å². The van der Waals surface area contributed by atoms with Gasteiger partial charge in [-0.2, -0.15) is 0 Å². The summed E-state index contributed by atoms with van der Waals surface area (Å²) in [5.41, 5.74) is 7.39. The predicted octanol–water partition coefficient (Wildman–Crippen LogP) is 6.14. The number of aromatic nitrogens is 3. The zero-order chi connectivity index (χ0) is 25.8. The molecule has 3 aromatic heterocycles. The molecule has 0 aliphatic rings. The summed E-state index contributed by atoms with van der Waals surface area (Å²) in [7, 11) is 4.00. The van der Waals surface area contributed by atoms with Gasteiger partial charge < -0.3 is 20.9 Å². The van der Waals surface area contributed by atoms with E-state index in [4.69, 9.17) is 0 Å². The largest absolute Gasteiger partial charge is 0.378 e. The highest BCUT2D eigenvalue weighted by Crippen LogP contribution is 2.28. The highest BCUT2D eigenvalue weighted by atomic mass is 16.1. The van der Waals surface area contributed by atoms with Crippen LogP contribution in [-0.4, -0.2) is 35.0 Å². The first-order valence-corrected chi connectivity index (χ1v) is 11.8. The summed E-state index contributed by atoms with van der Waals surface area (Å²) in [6.07, 6.45) is 6.77. The predicted molar refractivity (Wildman–Crippen MR) is 150 cm³/mol. The Kier molecular flexibility index (Phi) is 6.63. The summed E-state index contributed by atoms with van der Waals surface area (Å²) in [6.45, 7) is 1.94. The van der Waals surface area contributed by atoms with Gasteiger partial charge in [0.1, 0.15) is 0 Å².